The first-order chi connectivity index (χ1) is 8.20. The van der Waals surface area contributed by atoms with Crippen LogP contribution < -0.4 is 10.3 Å². The molecular formula is C12H11BrN2O2. The lowest BCUT2D eigenvalue weighted by atomic mass is 10.2. The molecule has 0 unspecified atom stereocenters. The van der Waals surface area contributed by atoms with Crippen molar-refractivity contribution in [3.63, 3.8) is 0 Å². The molecule has 17 heavy (non-hydrogen) atoms. The molecular weight excluding hydrogens is 284 g/mol. The molecule has 0 radical (unpaired) electrons. The first kappa shape index (κ1) is 11.9. The van der Waals surface area contributed by atoms with Crippen LogP contribution in [0.5, 0.6) is 5.75 Å². The number of hydrogen-bond donors (Lipinski definition) is 1. The van der Waals surface area contributed by atoms with Crippen molar-refractivity contribution in [2.45, 2.75) is 6.92 Å². The van der Waals surface area contributed by atoms with E-state index in [9.17, 15) is 4.79 Å². The monoisotopic (exact) mass is 294 g/mol. The molecule has 0 spiro atoms. The number of nitrogens with one attached hydrogen (secondary N) is 1. The van der Waals surface area contributed by atoms with Gasteiger partial charge in [-0.1, -0.05) is 0 Å². The molecule has 1 aromatic heterocycles. The summed E-state index contributed by atoms with van der Waals surface area (Å²) < 4.78 is 5.76. The van der Waals surface area contributed by atoms with Crippen molar-refractivity contribution in [1.29, 1.82) is 0 Å². The molecule has 1 N–H and O–H groups in total. The van der Waals surface area contributed by atoms with Crippen molar-refractivity contribution in [3.8, 4) is 17.1 Å². The number of rotatable bonds is 3. The summed E-state index contributed by atoms with van der Waals surface area (Å²) in [5.74, 6) is 1.34. The van der Waals surface area contributed by atoms with Crippen LogP contribution in [0.2, 0.25) is 0 Å². The minimum absolute atomic E-state index is 0.191. The van der Waals surface area contributed by atoms with Gasteiger partial charge in [0.2, 0.25) is 0 Å². The van der Waals surface area contributed by atoms with Crippen molar-refractivity contribution in [3.05, 3.63) is 45.3 Å². The third kappa shape index (κ3) is 2.74. The molecule has 1 heterocycles. The Bertz CT molecular complexity index is 563. The number of hydrogen-bond acceptors (Lipinski definition) is 3. The maximum Gasteiger partial charge on any atom is 0.265 e. The van der Waals surface area contributed by atoms with Crippen LogP contribution in [0.15, 0.2) is 39.7 Å². The van der Waals surface area contributed by atoms with E-state index >= 15 is 0 Å². The van der Waals surface area contributed by atoms with E-state index in [1.54, 1.807) is 0 Å². The predicted octanol–water partition coefficient (Wildman–Crippen LogP) is 2.60. The molecule has 0 aliphatic heterocycles. The van der Waals surface area contributed by atoms with E-state index in [1.807, 2.05) is 31.2 Å². The number of benzene rings is 1. The predicted molar refractivity (Wildman–Crippen MR) is 69.2 cm³/mol. The molecule has 1 aromatic carbocycles. The second-order valence-corrected chi connectivity index (χ2v) is 4.22. The average Bonchev–Trinajstić information content (AvgIpc) is 2.34. The second-order valence-electron chi connectivity index (χ2n) is 3.37. The van der Waals surface area contributed by atoms with E-state index in [1.165, 1.54) is 6.20 Å². The molecule has 0 saturated carbocycles. The number of halogens is 1. The van der Waals surface area contributed by atoms with E-state index in [4.69, 9.17) is 4.74 Å². The van der Waals surface area contributed by atoms with Gasteiger partial charge in [-0.2, -0.15) is 0 Å². The molecule has 0 atom stereocenters. The van der Waals surface area contributed by atoms with Crippen molar-refractivity contribution < 1.29 is 4.74 Å². The molecule has 0 aliphatic carbocycles. The summed E-state index contributed by atoms with van der Waals surface area (Å²) in [6.07, 6.45) is 1.49. The van der Waals surface area contributed by atoms with Crippen LogP contribution in [0, 0.1) is 0 Å². The Labute approximate surface area is 107 Å². The zero-order valence-corrected chi connectivity index (χ0v) is 10.8. The molecule has 2 aromatic rings. The summed E-state index contributed by atoms with van der Waals surface area (Å²) in [5.41, 5.74) is 0.655. The van der Waals surface area contributed by atoms with Crippen LogP contribution in [0.4, 0.5) is 0 Å². The van der Waals surface area contributed by atoms with Crippen LogP contribution in [-0.2, 0) is 0 Å². The van der Waals surface area contributed by atoms with Crippen molar-refractivity contribution in [2.75, 3.05) is 6.61 Å². The van der Waals surface area contributed by atoms with Crippen LogP contribution >= 0.6 is 15.9 Å². The summed E-state index contributed by atoms with van der Waals surface area (Å²) in [5, 5.41) is 0. The van der Waals surface area contributed by atoms with E-state index in [0.717, 1.165) is 11.3 Å². The summed E-state index contributed by atoms with van der Waals surface area (Å²) in [6, 6.07) is 7.41. The normalized spacial score (nSPS) is 10.2. The lowest BCUT2D eigenvalue weighted by molar-refractivity contribution is 0.340. The molecule has 0 amide bonds. The van der Waals surface area contributed by atoms with Crippen LogP contribution in [0.1, 0.15) is 6.92 Å². The first-order valence-electron chi connectivity index (χ1n) is 5.18. The largest absolute Gasteiger partial charge is 0.494 e. The molecule has 5 heteroatoms. The first-order valence-corrected chi connectivity index (χ1v) is 5.98. The highest BCUT2D eigenvalue weighted by atomic mass is 79.9. The summed E-state index contributed by atoms with van der Waals surface area (Å²) >= 11 is 3.11. The summed E-state index contributed by atoms with van der Waals surface area (Å²) in [4.78, 5) is 18.2. The molecule has 0 fully saturated rings. The zero-order chi connectivity index (χ0) is 12.3. The van der Waals surface area contributed by atoms with Gasteiger partial charge in [-0.3, -0.25) is 4.79 Å². The number of aromatic nitrogens is 2. The second kappa shape index (κ2) is 5.14. The molecule has 4 nitrogen and oxygen atoms in total. The summed E-state index contributed by atoms with van der Waals surface area (Å²) in [7, 11) is 0. The molecule has 2 rings (SSSR count). The average molecular weight is 295 g/mol. The Morgan fingerprint density at radius 1 is 1.35 bits per heavy atom. The van der Waals surface area contributed by atoms with E-state index < -0.39 is 0 Å². The van der Waals surface area contributed by atoms with Crippen molar-refractivity contribution >= 4 is 15.9 Å². The van der Waals surface area contributed by atoms with Gasteiger partial charge in [0.05, 0.1) is 6.61 Å². The molecule has 0 aliphatic rings. The van der Waals surface area contributed by atoms with Gasteiger partial charge < -0.3 is 9.72 Å². The maximum atomic E-state index is 11.4. The fraction of sp³-hybridized carbons (Fsp3) is 0.167. The maximum absolute atomic E-state index is 11.4. The number of aromatic amines is 1. The standard InChI is InChI=1S/C12H11BrN2O2/c1-2-17-9-5-3-8(4-6-9)11-14-7-10(13)12(16)15-11/h3-7H,2H2,1H3,(H,14,15,16). The van der Waals surface area contributed by atoms with E-state index in [-0.39, 0.29) is 5.56 Å². The summed E-state index contributed by atoms with van der Waals surface area (Å²) in [6.45, 7) is 2.56. The molecule has 0 bridgehead atoms. The SMILES string of the molecule is CCOc1ccc(-c2ncc(Br)c(=O)[nH]2)cc1. The molecule has 0 saturated heterocycles. The minimum Gasteiger partial charge on any atom is -0.494 e. The van der Waals surface area contributed by atoms with Gasteiger partial charge >= 0.3 is 0 Å². The van der Waals surface area contributed by atoms with E-state index in [2.05, 4.69) is 25.9 Å². The highest BCUT2D eigenvalue weighted by Crippen LogP contribution is 2.18. The third-order valence-corrected chi connectivity index (χ3v) is 2.76. The number of nitrogens with zero attached hydrogens (tertiary/aromatic N) is 1. The van der Waals surface area contributed by atoms with Gasteiger partial charge in [0.15, 0.2) is 0 Å². The molecule has 88 valence electrons. The highest BCUT2D eigenvalue weighted by Gasteiger charge is 2.02. The fourth-order valence-corrected chi connectivity index (χ4v) is 1.60. The van der Waals surface area contributed by atoms with Gasteiger partial charge in [0.25, 0.3) is 5.56 Å². The van der Waals surface area contributed by atoms with Gasteiger partial charge in [0.1, 0.15) is 16.0 Å². The van der Waals surface area contributed by atoms with Crippen LogP contribution in [-0.4, -0.2) is 16.6 Å². The Morgan fingerprint density at radius 2 is 2.06 bits per heavy atom. The third-order valence-electron chi connectivity index (χ3n) is 2.19. The smallest absolute Gasteiger partial charge is 0.265 e. The highest BCUT2D eigenvalue weighted by molar-refractivity contribution is 9.10. The Balaban J connectivity index is 2.33. The quantitative estimate of drug-likeness (QED) is 0.947. The van der Waals surface area contributed by atoms with E-state index in [0.29, 0.717) is 16.9 Å². The van der Waals surface area contributed by atoms with Gasteiger partial charge in [-0.25, -0.2) is 4.98 Å². The minimum atomic E-state index is -0.191. The van der Waals surface area contributed by atoms with Gasteiger partial charge in [-0.15, -0.1) is 0 Å². The van der Waals surface area contributed by atoms with Crippen LogP contribution in [0.25, 0.3) is 11.4 Å². The van der Waals surface area contributed by atoms with Crippen LogP contribution in [0.3, 0.4) is 0 Å². The topological polar surface area (TPSA) is 55.0 Å². The lowest BCUT2D eigenvalue weighted by Crippen LogP contribution is -2.08. The number of ether oxygens (including phenoxy) is 1. The van der Waals surface area contributed by atoms with Gasteiger partial charge in [0, 0.05) is 11.8 Å². The fourth-order valence-electron chi connectivity index (χ4n) is 1.40. The Kier molecular flexibility index (Phi) is 3.58. The Morgan fingerprint density at radius 3 is 2.65 bits per heavy atom. The Hall–Kier alpha value is -1.62. The zero-order valence-electron chi connectivity index (χ0n) is 9.24. The van der Waals surface area contributed by atoms with Crippen molar-refractivity contribution in [2.24, 2.45) is 0 Å². The van der Waals surface area contributed by atoms with Gasteiger partial charge in [-0.05, 0) is 47.1 Å². The van der Waals surface area contributed by atoms with Crippen molar-refractivity contribution in [1.82, 2.24) is 9.97 Å². The lowest BCUT2D eigenvalue weighted by Gasteiger charge is -2.04. The number of H-pyrrole nitrogens is 1.